The molecule has 0 aliphatic heterocycles. The van der Waals surface area contributed by atoms with Gasteiger partial charge in [0.2, 0.25) is 0 Å². The number of aromatic nitrogens is 1. The van der Waals surface area contributed by atoms with Crippen molar-refractivity contribution in [3.8, 4) is 0 Å². The molecule has 0 atom stereocenters. The SMILES string of the molecule is CC(=O)c1cc2cccc(Br)c2n1C. The van der Waals surface area contributed by atoms with Gasteiger partial charge in [0.1, 0.15) is 0 Å². The van der Waals surface area contributed by atoms with Crippen molar-refractivity contribution in [2.24, 2.45) is 7.05 Å². The lowest BCUT2D eigenvalue weighted by Crippen LogP contribution is -2.00. The lowest BCUT2D eigenvalue weighted by molar-refractivity contribution is 0.101. The van der Waals surface area contributed by atoms with Crippen LogP contribution in [0.15, 0.2) is 28.7 Å². The molecule has 3 heteroatoms. The third-order valence-corrected chi connectivity index (χ3v) is 3.01. The third-order valence-electron chi connectivity index (χ3n) is 2.37. The highest BCUT2D eigenvalue weighted by Gasteiger charge is 2.10. The first kappa shape index (κ1) is 9.46. The molecule has 2 aromatic rings. The maximum Gasteiger partial charge on any atom is 0.176 e. The highest BCUT2D eigenvalue weighted by Crippen LogP contribution is 2.26. The van der Waals surface area contributed by atoms with Gasteiger partial charge in [0.25, 0.3) is 0 Å². The molecule has 2 rings (SSSR count). The van der Waals surface area contributed by atoms with Crippen molar-refractivity contribution in [1.29, 1.82) is 0 Å². The molecule has 0 bridgehead atoms. The zero-order chi connectivity index (χ0) is 10.3. The van der Waals surface area contributed by atoms with Gasteiger partial charge in [-0.25, -0.2) is 0 Å². The Bertz CT molecular complexity index is 513. The molecule has 0 saturated carbocycles. The molecule has 0 unspecified atom stereocenters. The number of benzene rings is 1. The van der Waals surface area contributed by atoms with Gasteiger partial charge in [-0.1, -0.05) is 12.1 Å². The fraction of sp³-hybridized carbons (Fsp3) is 0.182. The molecule has 1 aromatic carbocycles. The van der Waals surface area contributed by atoms with E-state index in [1.54, 1.807) is 6.92 Å². The Morgan fingerprint density at radius 3 is 2.71 bits per heavy atom. The van der Waals surface area contributed by atoms with Crippen LogP contribution in [0, 0.1) is 0 Å². The number of aryl methyl sites for hydroxylation is 1. The van der Waals surface area contributed by atoms with E-state index in [0.717, 1.165) is 21.1 Å². The molecular formula is C11H10BrNO. The van der Waals surface area contributed by atoms with Crippen LogP contribution >= 0.6 is 15.9 Å². The maximum absolute atomic E-state index is 11.3. The highest BCUT2D eigenvalue weighted by molar-refractivity contribution is 9.10. The number of nitrogens with zero attached hydrogens (tertiary/aromatic N) is 1. The van der Waals surface area contributed by atoms with Gasteiger partial charge in [-0.15, -0.1) is 0 Å². The second-order valence-corrected chi connectivity index (χ2v) is 4.18. The topological polar surface area (TPSA) is 22.0 Å². The number of hydrogen-bond donors (Lipinski definition) is 0. The number of carbonyl (C=O) groups excluding carboxylic acids is 1. The second-order valence-electron chi connectivity index (χ2n) is 3.32. The third kappa shape index (κ3) is 1.28. The Labute approximate surface area is 90.7 Å². The fourth-order valence-electron chi connectivity index (χ4n) is 1.70. The van der Waals surface area contributed by atoms with Gasteiger partial charge in [0.05, 0.1) is 11.2 Å². The summed E-state index contributed by atoms with van der Waals surface area (Å²) in [5, 5.41) is 1.09. The molecule has 0 aliphatic rings. The molecule has 0 radical (unpaired) electrons. The van der Waals surface area contributed by atoms with Gasteiger partial charge in [-0.3, -0.25) is 4.79 Å². The van der Waals surface area contributed by atoms with Gasteiger partial charge in [0, 0.05) is 23.8 Å². The normalized spacial score (nSPS) is 10.8. The van der Waals surface area contributed by atoms with E-state index in [-0.39, 0.29) is 5.78 Å². The lowest BCUT2D eigenvalue weighted by atomic mass is 10.2. The van der Waals surface area contributed by atoms with Crippen LogP contribution in [0.4, 0.5) is 0 Å². The van der Waals surface area contributed by atoms with Crippen LogP contribution in [0.3, 0.4) is 0 Å². The van der Waals surface area contributed by atoms with Gasteiger partial charge in [0.15, 0.2) is 5.78 Å². The molecule has 1 aromatic heterocycles. The summed E-state index contributed by atoms with van der Waals surface area (Å²) in [6.45, 7) is 1.59. The number of carbonyl (C=O) groups is 1. The number of halogens is 1. The first-order valence-electron chi connectivity index (χ1n) is 4.36. The fourth-order valence-corrected chi connectivity index (χ4v) is 2.35. The minimum absolute atomic E-state index is 0.0931. The molecule has 0 aliphatic carbocycles. The van der Waals surface area contributed by atoms with E-state index in [4.69, 9.17) is 0 Å². The van der Waals surface area contributed by atoms with Crippen LogP contribution < -0.4 is 0 Å². The van der Waals surface area contributed by atoms with E-state index < -0.39 is 0 Å². The largest absolute Gasteiger partial charge is 0.340 e. The summed E-state index contributed by atoms with van der Waals surface area (Å²) in [7, 11) is 1.91. The summed E-state index contributed by atoms with van der Waals surface area (Å²) in [5.41, 5.74) is 1.81. The molecule has 1 heterocycles. The number of para-hydroxylation sites is 1. The summed E-state index contributed by atoms with van der Waals surface area (Å²) in [6.07, 6.45) is 0. The Morgan fingerprint density at radius 2 is 2.14 bits per heavy atom. The standard InChI is InChI=1S/C11H10BrNO/c1-7(14)10-6-8-4-3-5-9(12)11(8)13(10)2/h3-6H,1-2H3. The number of Topliss-reactive ketones (excluding diaryl/α,β-unsaturated/α-hetero) is 1. The van der Waals surface area contributed by atoms with Crippen molar-refractivity contribution < 1.29 is 4.79 Å². The van der Waals surface area contributed by atoms with E-state index in [1.807, 2.05) is 35.9 Å². The van der Waals surface area contributed by atoms with Crippen LogP contribution in [0.2, 0.25) is 0 Å². The van der Waals surface area contributed by atoms with Gasteiger partial charge >= 0.3 is 0 Å². The summed E-state index contributed by atoms with van der Waals surface area (Å²) in [6, 6.07) is 7.87. The minimum Gasteiger partial charge on any atom is -0.340 e. The Morgan fingerprint density at radius 1 is 1.43 bits per heavy atom. The maximum atomic E-state index is 11.3. The Kier molecular flexibility index (Phi) is 2.19. The van der Waals surface area contributed by atoms with Crippen molar-refractivity contribution in [2.45, 2.75) is 6.92 Å². The van der Waals surface area contributed by atoms with Crippen LogP contribution in [0.25, 0.3) is 10.9 Å². The summed E-state index contributed by atoms with van der Waals surface area (Å²) >= 11 is 3.48. The van der Waals surface area contributed by atoms with E-state index >= 15 is 0 Å². The molecule has 0 amide bonds. The van der Waals surface area contributed by atoms with E-state index in [2.05, 4.69) is 15.9 Å². The lowest BCUT2D eigenvalue weighted by Gasteiger charge is -2.01. The zero-order valence-corrected chi connectivity index (χ0v) is 9.63. The van der Waals surface area contributed by atoms with Crippen LogP contribution in [0.5, 0.6) is 0 Å². The van der Waals surface area contributed by atoms with Crippen molar-refractivity contribution >= 4 is 32.6 Å². The summed E-state index contributed by atoms with van der Waals surface area (Å²) in [5.74, 6) is 0.0931. The van der Waals surface area contributed by atoms with E-state index in [0.29, 0.717) is 0 Å². The molecule has 14 heavy (non-hydrogen) atoms. The average molecular weight is 252 g/mol. The monoisotopic (exact) mass is 251 g/mol. The number of fused-ring (bicyclic) bond motifs is 1. The Balaban J connectivity index is 2.87. The predicted molar refractivity (Wildman–Crippen MR) is 60.6 cm³/mol. The summed E-state index contributed by atoms with van der Waals surface area (Å²) < 4.78 is 2.94. The van der Waals surface area contributed by atoms with E-state index in [1.165, 1.54) is 0 Å². The van der Waals surface area contributed by atoms with Crippen molar-refractivity contribution in [3.05, 3.63) is 34.4 Å². The van der Waals surface area contributed by atoms with Crippen LogP contribution in [0.1, 0.15) is 17.4 Å². The quantitative estimate of drug-likeness (QED) is 0.714. The number of ketones is 1. The molecular weight excluding hydrogens is 242 g/mol. The van der Waals surface area contributed by atoms with Crippen molar-refractivity contribution in [2.75, 3.05) is 0 Å². The highest BCUT2D eigenvalue weighted by atomic mass is 79.9. The Hall–Kier alpha value is -1.09. The molecule has 0 spiro atoms. The molecule has 2 nitrogen and oxygen atoms in total. The summed E-state index contributed by atoms with van der Waals surface area (Å²) in [4.78, 5) is 11.3. The minimum atomic E-state index is 0.0931. The second kappa shape index (κ2) is 3.24. The van der Waals surface area contributed by atoms with Crippen molar-refractivity contribution in [3.63, 3.8) is 0 Å². The van der Waals surface area contributed by atoms with Crippen molar-refractivity contribution in [1.82, 2.24) is 4.57 Å². The van der Waals surface area contributed by atoms with Crippen LogP contribution in [-0.2, 0) is 7.05 Å². The van der Waals surface area contributed by atoms with Crippen LogP contribution in [-0.4, -0.2) is 10.4 Å². The number of rotatable bonds is 1. The zero-order valence-electron chi connectivity index (χ0n) is 8.04. The molecule has 72 valence electrons. The van der Waals surface area contributed by atoms with E-state index in [9.17, 15) is 4.79 Å². The predicted octanol–water partition coefficient (Wildman–Crippen LogP) is 3.14. The first-order chi connectivity index (χ1) is 6.61. The van der Waals surface area contributed by atoms with Gasteiger partial charge < -0.3 is 4.57 Å². The molecule has 0 fully saturated rings. The molecule has 0 saturated heterocycles. The number of hydrogen-bond acceptors (Lipinski definition) is 1. The first-order valence-corrected chi connectivity index (χ1v) is 5.15. The smallest absolute Gasteiger partial charge is 0.176 e. The average Bonchev–Trinajstić information content (AvgIpc) is 2.45. The molecule has 0 N–H and O–H groups in total. The van der Waals surface area contributed by atoms with Gasteiger partial charge in [-0.05, 0) is 28.1 Å². The van der Waals surface area contributed by atoms with Gasteiger partial charge in [-0.2, -0.15) is 0 Å².